The summed E-state index contributed by atoms with van der Waals surface area (Å²) in [4.78, 5) is 13.0. The lowest BCUT2D eigenvalue weighted by Crippen LogP contribution is -2.24. The second kappa shape index (κ2) is 5.97. The van der Waals surface area contributed by atoms with Crippen molar-refractivity contribution in [1.82, 2.24) is 10.2 Å². The SMILES string of the molecule is CC(=O)NCCCCN1CCCC1. The molecule has 0 saturated carbocycles. The van der Waals surface area contributed by atoms with Crippen LogP contribution >= 0.6 is 0 Å². The Bertz CT molecular complexity index is 153. The quantitative estimate of drug-likeness (QED) is 0.646. The van der Waals surface area contributed by atoms with Crippen molar-refractivity contribution in [3.63, 3.8) is 0 Å². The molecule has 76 valence electrons. The van der Waals surface area contributed by atoms with E-state index < -0.39 is 0 Å². The molecule has 1 heterocycles. The topological polar surface area (TPSA) is 32.3 Å². The second-order valence-corrected chi connectivity index (χ2v) is 3.74. The van der Waals surface area contributed by atoms with Crippen LogP contribution in [0, 0.1) is 0 Å². The number of carbonyl (C=O) groups is 1. The number of nitrogens with zero attached hydrogens (tertiary/aromatic N) is 1. The van der Waals surface area contributed by atoms with E-state index >= 15 is 0 Å². The van der Waals surface area contributed by atoms with Crippen LogP contribution < -0.4 is 5.32 Å². The van der Waals surface area contributed by atoms with Gasteiger partial charge in [-0.3, -0.25) is 4.79 Å². The van der Waals surface area contributed by atoms with Crippen molar-refractivity contribution >= 4 is 5.91 Å². The van der Waals surface area contributed by atoms with Crippen molar-refractivity contribution in [3.8, 4) is 0 Å². The van der Waals surface area contributed by atoms with Gasteiger partial charge in [-0.1, -0.05) is 0 Å². The van der Waals surface area contributed by atoms with Gasteiger partial charge in [0.1, 0.15) is 0 Å². The molecule has 1 saturated heterocycles. The number of carbonyl (C=O) groups excluding carboxylic acids is 1. The molecule has 3 heteroatoms. The molecule has 1 fully saturated rings. The summed E-state index contributed by atoms with van der Waals surface area (Å²) in [6, 6.07) is 0. The zero-order valence-corrected chi connectivity index (χ0v) is 8.51. The lowest BCUT2D eigenvalue weighted by atomic mass is 10.3. The summed E-state index contributed by atoms with van der Waals surface area (Å²) in [7, 11) is 0. The van der Waals surface area contributed by atoms with E-state index in [0.29, 0.717) is 0 Å². The summed E-state index contributed by atoms with van der Waals surface area (Å²) in [5, 5.41) is 2.81. The first-order valence-corrected chi connectivity index (χ1v) is 5.26. The van der Waals surface area contributed by atoms with Crippen molar-refractivity contribution < 1.29 is 4.79 Å². The average molecular weight is 184 g/mol. The van der Waals surface area contributed by atoms with Crippen LogP contribution in [-0.4, -0.2) is 37.0 Å². The highest BCUT2D eigenvalue weighted by Crippen LogP contribution is 2.07. The maximum Gasteiger partial charge on any atom is 0.216 e. The van der Waals surface area contributed by atoms with E-state index in [1.165, 1.54) is 38.9 Å². The average Bonchev–Trinajstić information content (AvgIpc) is 2.55. The predicted octanol–water partition coefficient (Wildman–Crippen LogP) is 0.998. The summed E-state index contributed by atoms with van der Waals surface area (Å²) in [6.07, 6.45) is 5.05. The van der Waals surface area contributed by atoms with Gasteiger partial charge in [0.2, 0.25) is 5.91 Å². The summed E-state index contributed by atoms with van der Waals surface area (Å²) >= 11 is 0. The second-order valence-electron chi connectivity index (χ2n) is 3.74. The van der Waals surface area contributed by atoms with Crippen LogP contribution in [0.3, 0.4) is 0 Å². The van der Waals surface area contributed by atoms with Gasteiger partial charge >= 0.3 is 0 Å². The Morgan fingerprint density at radius 1 is 1.31 bits per heavy atom. The fourth-order valence-corrected chi connectivity index (χ4v) is 1.73. The third-order valence-electron chi connectivity index (χ3n) is 2.47. The van der Waals surface area contributed by atoms with Gasteiger partial charge in [0, 0.05) is 13.5 Å². The first-order valence-electron chi connectivity index (χ1n) is 5.26. The van der Waals surface area contributed by atoms with Crippen LogP contribution in [0.1, 0.15) is 32.6 Å². The first kappa shape index (κ1) is 10.5. The molecule has 0 aromatic rings. The zero-order valence-electron chi connectivity index (χ0n) is 8.51. The number of amides is 1. The van der Waals surface area contributed by atoms with Gasteiger partial charge in [0.05, 0.1) is 0 Å². The van der Waals surface area contributed by atoms with E-state index in [9.17, 15) is 4.79 Å². The Morgan fingerprint density at radius 3 is 2.62 bits per heavy atom. The van der Waals surface area contributed by atoms with Gasteiger partial charge in [-0.05, 0) is 45.3 Å². The standard InChI is InChI=1S/C10H20N2O/c1-10(13)11-6-2-3-7-12-8-4-5-9-12/h2-9H2,1H3,(H,11,13). The smallest absolute Gasteiger partial charge is 0.216 e. The molecule has 13 heavy (non-hydrogen) atoms. The van der Waals surface area contributed by atoms with E-state index in [1.54, 1.807) is 6.92 Å². The molecule has 0 bridgehead atoms. The molecule has 1 aliphatic rings. The molecule has 0 aliphatic carbocycles. The number of rotatable bonds is 5. The van der Waals surface area contributed by atoms with Crippen LogP contribution in [-0.2, 0) is 4.79 Å². The van der Waals surface area contributed by atoms with E-state index in [0.717, 1.165) is 13.0 Å². The van der Waals surface area contributed by atoms with Crippen molar-refractivity contribution in [2.24, 2.45) is 0 Å². The largest absolute Gasteiger partial charge is 0.356 e. The first-order chi connectivity index (χ1) is 6.29. The van der Waals surface area contributed by atoms with E-state index in [4.69, 9.17) is 0 Å². The van der Waals surface area contributed by atoms with Gasteiger partial charge < -0.3 is 10.2 Å². The molecule has 0 radical (unpaired) electrons. The summed E-state index contributed by atoms with van der Waals surface area (Å²) in [6.45, 7) is 6.17. The fraction of sp³-hybridized carbons (Fsp3) is 0.900. The predicted molar refractivity (Wildman–Crippen MR) is 53.6 cm³/mol. The van der Waals surface area contributed by atoms with Crippen LogP contribution in [0.5, 0.6) is 0 Å². The molecule has 0 spiro atoms. The van der Waals surface area contributed by atoms with Crippen LogP contribution in [0.15, 0.2) is 0 Å². The molecule has 1 N–H and O–H groups in total. The van der Waals surface area contributed by atoms with Gasteiger partial charge in [-0.25, -0.2) is 0 Å². The van der Waals surface area contributed by atoms with Crippen molar-refractivity contribution in [2.45, 2.75) is 32.6 Å². The molecule has 0 aromatic heterocycles. The number of unbranched alkanes of at least 4 members (excludes halogenated alkanes) is 1. The number of hydrogen-bond donors (Lipinski definition) is 1. The van der Waals surface area contributed by atoms with Gasteiger partial charge in [-0.2, -0.15) is 0 Å². The molecule has 3 nitrogen and oxygen atoms in total. The Balaban J connectivity index is 1.86. The molecule has 1 amide bonds. The molecule has 1 aliphatic heterocycles. The maximum atomic E-state index is 10.5. The molecular weight excluding hydrogens is 164 g/mol. The molecule has 0 atom stereocenters. The van der Waals surface area contributed by atoms with Crippen LogP contribution in [0.25, 0.3) is 0 Å². The van der Waals surface area contributed by atoms with Gasteiger partial charge in [0.25, 0.3) is 0 Å². The molecular formula is C10H20N2O. The number of hydrogen-bond acceptors (Lipinski definition) is 2. The Kier molecular flexibility index (Phi) is 4.83. The Labute approximate surface area is 80.5 Å². The molecule has 1 rings (SSSR count). The monoisotopic (exact) mass is 184 g/mol. The fourth-order valence-electron chi connectivity index (χ4n) is 1.73. The Hall–Kier alpha value is -0.570. The minimum atomic E-state index is 0.0844. The minimum Gasteiger partial charge on any atom is -0.356 e. The summed E-state index contributed by atoms with van der Waals surface area (Å²) in [5.41, 5.74) is 0. The van der Waals surface area contributed by atoms with Gasteiger partial charge in [-0.15, -0.1) is 0 Å². The highest BCUT2D eigenvalue weighted by Gasteiger charge is 2.09. The summed E-state index contributed by atoms with van der Waals surface area (Å²) < 4.78 is 0. The highest BCUT2D eigenvalue weighted by molar-refractivity contribution is 5.72. The van der Waals surface area contributed by atoms with E-state index in [2.05, 4.69) is 10.2 Å². The molecule has 0 aromatic carbocycles. The Morgan fingerprint density at radius 2 is 2.00 bits per heavy atom. The van der Waals surface area contributed by atoms with Crippen LogP contribution in [0.4, 0.5) is 0 Å². The van der Waals surface area contributed by atoms with Gasteiger partial charge in [0.15, 0.2) is 0 Å². The van der Waals surface area contributed by atoms with Crippen molar-refractivity contribution in [1.29, 1.82) is 0 Å². The third kappa shape index (κ3) is 4.88. The number of nitrogens with one attached hydrogen (secondary N) is 1. The highest BCUT2D eigenvalue weighted by atomic mass is 16.1. The normalized spacial score (nSPS) is 17.6. The minimum absolute atomic E-state index is 0.0844. The summed E-state index contributed by atoms with van der Waals surface area (Å²) in [5.74, 6) is 0.0844. The lowest BCUT2D eigenvalue weighted by Gasteiger charge is -2.13. The number of likely N-dealkylation sites (tertiary alicyclic amines) is 1. The lowest BCUT2D eigenvalue weighted by molar-refractivity contribution is -0.118. The third-order valence-corrected chi connectivity index (χ3v) is 2.47. The zero-order chi connectivity index (χ0) is 9.52. The van der Waals surface area contributed by atoms with Crippen LogP contribution in [0.2, 0.25) is 0 Å². The van der Waals surface area contributed by atoms with E-state index in [-0.39, 0.29) is 5.91 Å². The molecule has 0 unspecified atom stereocenters. The maximum absolute atomic E-state index is 10.5. The van der Waals surface area contributed by atoms with Crippen molar-refractivity contribution in [3.05, 3.63) is 0 Å². The van der Waals surface area contributed by atoms with E-state index in [1.807, 2.05) is 0 Å². The van der Waals surface area contributed by atoms with Crippen molar-refractivity contribution in [2.75, 3.05) is 26.2 Å².